The fourth-order valence-corrected chi connectivity index (χ4v) is 1.19. The smallest absolute Gasteiger partial charge is 0.226 e. The second-order valence-electron chi connectivity index (χ2n) is 4.36. The summed E-state index contributed by atoms with van der Waals surface area (Å²) in [5.41, 5.74) is 2.32. The summed E-state index contributed by atoms with van der Waals surface area (Å²) >= 11 is 0. The highest BCUT2D eigenvalue weighted by atomic mass is 16.5. The molecule has 1 fully saturated rings. The van der Waals surface area contributed by atoms with E-state index in [4.69, 9.17) is 0 Å². The van der Waals surface area contributed by atoms with Gasteiger partial charge in [-0.2, -0.15) is 0 Å². The molecule has 0 saturated carbocycles. The Morgan fingerprint density at radius 1 is 1.62 bits per heavy atom. The highest BCUT2D eigenvalue weighted by Gasteiger charge is 2.26. The molecule has 1 amide bonds. The van der Waals surface area contributed by atoms with Gasteiger partial charge in [-0.15, -0.1) is 0 Å². The van der Waals surface area contributed by atoms with Gasteiger partial charge in [0.15, 0.2) is 0 Å². The van der Waals surface area contributed by atoms with E-state index in [9.17, 15) is 10.0 Å². The van der Waals surface area contributed by atoms with Crippen molar-refractivity contribution in [2.75, 3.05) is 13.1 Å². The van der Waals surface area contributed by atoms with E-state index >= 15 is 0 Å². The number of carbonyl (C=O) groups excluding carboxylic acids is 1. The average Bonchev–Trinajstić information content (AvgIpc) is 2.31. The first-order valence-electron chi connectivity index (χ1n) is 4.39. The predicted molar refractivity (Wildman–Crippen MR) is 49.5 cm³/mol. The second-order valence-corrected chi connectivity index (χ2v) is 4.36. The fourth-order valence-electron chi connectivity index (χ4n) is 1.19. The molecule has 1 rings (SSSR count). The zero-order chi connectivity index (χ0) is 10.1. The molecule has 0 bridgehead atoms. The van der Waals surface area contributed by atoms with Gasteiger partial charge in [0, 0.05) is 18.6 Å². The van der Waals surface area contributed by atoms with Gasteiger partial charge in [-0.25, -0.2) is 0 Å². The summed E-state index contributed by atoms with van der Waals surface area (Å²) in [6.45, 7) is 6.43. The Hall–Kier alpha value is -0.650. The molecular weight excluding hydrogens is 170 g/mol. The number of nitrogens with one attached hydrogen (secondary N) is 2. The maximum Gasteiger partial charge on any atom is 0.226 e. The molecule has 1 aliphatic rings. The summed E-state index contributed by atoms with van der Waals surface area (Å²) < 4.78 is 0. The van der Waals surface area contributed by atoms with Crippen molar-refractivity contribution < 1.29 is 4.79 Å². The summed E-state index contributed by atoms with van der Waals surface area (Å²) in [4.78, 5) is 11.5. The van der Waals surface area contributed by atoms with Crippen molar-refractivity contribution in [1.29, 1.82) is 0 Å². The Balaban J connectivity index is 2.41. The number of hydrazine groups is 1. The minimum absolute atomic E-state index is 0.0571. The van der Waals surface area contributed by atoms with Gasteiger partial charge in [-0.1, -0.05) is 0 Å². The third-order valence-electron chi connectivity index (χ3n) is 1.77. The SMILES string of the molecule is CC(C)(C)NC(=O)C1CNN([O-])C1. The zero-order valence-electron chi connectivity index (χ0n) is 8.26. The third-order valence-corrected chi connectivity index (χ3v) is 1.77. The summed E-state index contributed by atoms with van der Waals surface area (Å²) in [6, 6.07) is 0. The lowest BCUT2D eigenvalue weighted by Gasteiger charge is -2.23. The molecule has 0 radical (unpaired) electrons. The van der Waals surface area contributed by atoms with E-state index in [0.717, 1.165) is 0 Å². The van der Waals surface area contributed by atoms with E-state index in [1.807, 2.05) is 20.8 Å². The highest BCUT2D eigenvalue weighted by Crippen LogP contribution is 2.08. The van der Waals surface area contributed by atoms with Crippen LogP contribution in [0.15, 0.2) is 0 Å². The van der Waals surface area contributed by atoms with E-state index < -0.39 is 0 Å². The lowest BCUT2D eigenvalue weighted by molar-refractivity contribution is -0.125. The summed E-state index contributed by atoms with van der Waals surface area (Å²) in [5.74, 6) is -0.282. The van der Waals surface area contributed by atoms with Gasteiger partial charge in [0.2, 0.25) is 5.91 Å². The molecule has 1 aliphatic heterocycles. The standard InChI is InChI=1S/C8H16N3O2/c1-8(2,3)10-7(12)6-4-9-11(13)5-6/h6,9H,4-5H2,1-3H3,(H,10,12)/q-1. The molecule has 0 aromatic heterocycles. The van der Waals surface area contributed by atoms with Crippen LogP contribution in [0.25, 0.3) is 0 Å². The Morgan fingerprint density at radius 3 is 2.62 bits per heavy atom. The largest absolute Gasteiger partial charge is 0.772 e. The molecule has 0 aromatic rings. The molecule has 5 heteroatoms. The first-order valence-corrected chi connectivity index (χ1v) is 4.39. The fraction of sp³-hybridized carbons (Fsp3) is 0.875. The van der Waals surface area contributed by atoms with E-state index in [1.165, 1.54) is 0 Å². The van der Waals surface area contributed by atoms with Crippen LogP contribution in [0.4, 0.5) is 0 Å². The van der Waals surface area contributed by atoms with Crippen LogP contribution < -0.4 is 10.7 Å². The van der Waals surface area contributed by atoms with Crippen LogP contribution in [0.3, 0.4) is 0 Å². The molecule has 1 unspecified atom stereocenters. The van der Waals surface area contributed by atoms with Crippen LogP contribution in [0.5, 0.6) is 0 Å². The van der Waals surface area contributed by atoms with E-state index in [0.29, 0.717) is 11.7 Å². The average molecular weight is 186 g/mol. The first-order chi connectivity index (χ1) is 5.88. The number of carbonyl (C=O) groups is 1. The Bertz CT molecular complexity index is 200. The van der Waals surface area contributed by atoms with Crippen LogP contribution in [0.2, 0.25) is 0 Å². The Labute approximate surface area is 78.0 Å². The van der Waals surface area contributed by atoms with Gasteiger partial charge in [0.1, 0.15) is 0 Å². The molecule has 76 valence electrons. The highest BCUT2D eigenvalue weighted by molar-refractivity contribution is 5.80. The van der Waals surface area contributed by atoms with Crippen LogP contribution >= 0.6 is 0 Å². The minimum Gasteiger partial charge on any atom is -0.772 e. The number of hydrogen-bond acceptors (Lipinski definition) is 4. The summed E-state index contributed by atoms with van der Waals surface area (Å²) in [5, 5.41) is 14.3. The van der Waals surface area contributed by atoms with Crippen molar-refractivity contribution >= 4 is 5.91 Å². The zero-order valence-corrected chi connectivity index (χ0v) is 8.26. The summed E-state index contributed by atoms with van der Waals surface area (Å²) in [6.07, 6.45) is 0. The van der Waals surface area contributed by atoms with Crippen LogP contribution in [-0.2, 0) is 4.79 Å². The van der Waals surface area contributed by atoms with Crippen molar-refractivity contribution in [3.05, 3.63) is 5.21 Å². The number of hydrogen-bond donors (Lipinski definition) is 2. The van der Waals surface area contributed by atoms with Gasteiger partial charge < -0.3 is 15.7 Å². The van der Waals surface area contributed by atoms with E-state index in [-0.39, 0.29) is 23.9 Å². The topological polar surface area (TPSA) is 67.4 Å². The molecule has 1 atom stereocenters. The molecule has 0 aliphatic carbocycles. The van der Waals surface area contributed by atoms with Gasteiger partial charge >= 0.3 is 0 Å². The number of nitrogens with zero attached hydrogens (tertiary/aromatic N) is 1. The van der Waals surface area contributed by atoms with E-state index in [1.54, 1.807) is 0 Å². The minimum atomic E-state index is -0.229. The molecule has 0 aromatic carbocycles. The van der Waals surface area contributed by atoms with Crippen molar-refractivity contribution in [1.82, 2.24) is 15.9 Å². The molecule has 13 heavy (non-hydrogen) atoms. The van der Waals surface area contributed by atoms with Crippen molar-refractivity contribution in [2.45, 2.75) is 26.3 Å². The van der Waals surface area contributed by atoms with Gasteiger partial charge in [0.25, 0.3) is 0 Å². The van der Waals surface area contributed by atoms with E-state index in [2.05, 4.69) is 10.7 Å². The third kappa shape index (κ3) is 3.30. The predicted octanol–water partition coefficient (Wildman–Crippen LogP) is -0.165. The lowest BCUT2D eigenvalue weighted by atomic mass is 10.1. The number of rotatable bonds is 1. The first kappa shape index (κ1) is 10.4. The van der Waals surface area contributed by atoms with Crippen molar-refractivity contribution in [3.8, 4) is 0 Å². The van der Waals surface area contributed by atoms with Gasteiger partial charge in [-0.3, -0.25) is 10.2 Å². The van der Waals surface area contributed by atoms with Gasteiger partial charge in [-0.05, 0) is 20.8 Å². The molecule has 0 spiro atoms. The Kier molecular flexibility index (Phi) is 2.90. The van der Waals surface area contributed by atoms with Crippen LogP contribution in [-0.4, -0.2) is 29.7 Å². The number of hydroxylamine groups is 1. The molecule has 1 saturated heterocycles. The monoisotopic (exact) mass is 186 g/mol. The lowest BCUT2D eigenvalue weighted by Crippen LogP contribution is -2.45. The van der Waals surface area contributed by atoms with Crippen LogP contribution in [0.1, 0.15) is 20.8 Å². The molecule has 2 N–H and O–H groups in total. The normalized spacial score (nSPS) is 24.8. The maximum atomic E-state index is 11.5. The van der Waals surface area contributed by atoms with Gasteiger partial charge in [0.05, 0.1) is 5.92 Å². The number of amides is 1. The summed E-state index contributed by atoms with van der Waals surface area (Å²) in [7, 11) is 0. The molecule has 1 heterocycles. The maximum absolute atomic E-state index is 11.5. The van der Waals surface area contributed by atoms with Crippen molar-refractivity contribution in [2.24, 2.45) is 5.92 Å². The molecule has 5 nitrogen and oxygen atoms in total. The van der Waals surface area contributed by atoms with Crippen LogP contribution in [0, 0.1) is 11.1 Å². The second kappa shape index (κ2) is 3.61. The Morgan fingerprint density at radius 2 is 2.23 bits per heavy atom. The quantitative estimate of drug-likeness (QED) is 0.597. The van der Waals surface area contributed by atoms with Crippen molar-refractivity contribution in [3.63, 3.8) is 0 Å². The molecular formula is C8H16N3O2-.